The fourth-order valence-corrected chi connectivity index (χ4v) is 1.65. The van der Waals surface area contributed by atoms with Crippen LogP contribution in [0.5, 0.6) is 0 Å². The first-order chi connectivity index (χ1) is 7.68. The number of halogens is 1. The van der Waals surface area contributed by atoms with Crippen molar-refractivity contribution < 1.29 is 9.90 Å². The van der Waals surface area contributed by atoms with Gasteiger partial charge in [-0.1, -0.05) is 11.6 Å². The number of aromatic nitrogens is 1. The first kappa shape index (κ1) is 10.6. The zero-order valence-corrected chi connectivity index (χ0v) is 8.98. The molecule has 0 radical (unpaired) electrons. The molecule has 1 aromatic carbocycles. The number of carboxylic acids is 1. The number of nitrogens with zero attached hydrogens (tertiary/aromatic N) is 1. The minimum Gasteiger partial charge on any atom is -0.478 e. The Bertz CT molecular complexity index is 526. The number of benzene rings is 1. The molecule has 80 valence electrons. The van der Waals surface area contributed by atoms with Crippen molar-refractivity contribution in [2.45, 2.75) is 0 Å². The van der Waals surface area contributed by atoms with Gasteiger partial charge < -0.3 is 5.11 Å². The van der Waals surface area contributed by atoms with E-state index in [1.807, 2.05) is 0 Å². The second-order valence-corrected chi connectivity index (χ2v) is 3.67. The van der Waals surface area contributed by atoms with Crippen LogP contribution in [0, 0.1) is 0 Å². The molecule has 0 fully saturated rings. The molecule has 1 heterocycles. The predicted octanol–water partition coefficient (Wildman–Crippen LogP) is 3.10. The van der Waals surface area contributed by atoms with Gasteiger partial charge in [0.05, 0.1) is 5.56 Å². The lowest BCUT2D eigenvalue weighted by Crippen LogP contribution is -1.99. The molecule has 0 atom stereocenters. The normalized spacial score (nSPS) is 10.1. The number of pyridine rings is 1. The fraction of sp³-hybridized carbons (Fsp3) is 0. The molecule has 0 spiro atoms. The highest BCUT2D eigenvalue weighted by atomic mass is 35.5. The van der Waals surface area contributed by atoms with Gasteiger partial charge in [0.25, 0.3) is 0 Å². The topological polar surface area (TPSA) is 50.2 Å². The Morgan fingerprint density at radius 1 is 1.19 bits per heavy atom. The monoisotopic (exact) mass is 233 g/mol. The molecule has 0 unspecified atom stereocenters. The zero-order valence-electron chi connectivity index (χ0n) is 8.22. The molecule has 2 aromatic rings. The Labute approximate surface area is 97.3 Å². The molecule has 0 amide bonds. The molecule has 2 rings (SSSR count). The van der Waals surface area contributed by atoms with E-state index in [4.69, 9.17) is 16.7 Å². The van der Waals surface area contributed by atoms with Gasteiger partial charge in [0.2, 0.25) is 0 Å². The zero-order chi connectivity index (χ0) is 11.5. The summed E-state index contributed by atoms with van der Waals surface area (Å²) in [5.41, 5.74) is 1.62. The van der Waals surface area contributed by atoms with Crippen LogP contribution in [-0.2, 0) is 0 Å². The highest BCUT2D eigenvalue weighted by molar-refractivity contribution is 6.31. The standard InChI is InChI=1S/C12H8ClNO2/c13-9-1-2-10(12(15)16)11(7-9)8-3-5-14-6-4-8/h1-7H,(H,15,16). The van der Waals surface area contributed by atoms with Gasteiger partial charge in [-0.25, -0.2) is 4.79 Å². The highest BCUT2D eigenvalue weighted by Crippen LogP contribution is 2.26. The largest absolute Gasteiger partial charge is 0.478 e. The van der Waals surface area contributed by atoms with Crippen molar-refractivity contribution in [3.8, 4) is 11.1 Å². The molecular weight excluding hydrogens is 226 g/mol. The van der Waals surface area contributed by atoms with Crippen molar-refractivity contribution in [2.75, 3.05) is 0 Å². The minimum absolute atomic E-state index is 0.232. The molecule has 0 saturated carbocycles. The van der Waals surface area contributed by atoms with Crippen LogP contribution >= 0.6 is 11.6 Å². The summed E-state index contributed by atoms with van der Waals surface area (Å²) in [6, 6.07) is 8.20. The van der Waals surface area contributed by atoms with Gasteiger partial charge in [0.15, 0.2) is 0 Å². The van der Waals surface area contributed by atoms with Crippen molar-refractivity contribution in [3.63, 3.8) is 0 Å². The molecule has 0 bridgehead atoms. The summed E-state index contributed by atoms with van der Waals surface area (Å²) >= 11 is 5.86. The third-order valence-electron chi connectivity index (χ3n) is 2.20. The van der Waals surface area contributed by atoms with E-state index in [2.05, 4.69) is 4.98 Å². The van der Waals surface area contributed by atoms with E-state index in [0.29, 0.717) is 10.6 Å². The van der Waals surface area contributed by atoms with Gasteiger partial charge in [0.1, 0.15) is 0 Å². The number of hydrogen-bond donors (Lipinski definition) is 1. The summed E-state index contributed by atoms with van der Waals surface area (Å²) in [6.45, 7) is 0. The van der Waals surface area contributed by atoms with Gasteiger partial charge >= 0.3 is 5.97 Å². The van der Waals surface area contributed by atoms with Crippen LogP contribution in [0.2, 0.25) is 5.02 Å². The smallest absolute Gasteiger partial charge is 0.336 e. The summed E-state index contributed by atoms with van der Waals surface area (Å²) in [6.07, 6.45) is 3.23. The van der Waals surface area contributed by atoms with Crippen molar-refractivity contribution in [3.05, 3.63) is 53.3 Å². The number of hydrogen-bond acceptors (Lipinski definition) is 2. The first-order valence-electron chi connectivity index (χ1n) is 4.62. The lowest BCUT2D eigenvalue weighted by atomic mass is 10.0. The van der Waals surface area contributed by atoms with E-state index in [0.717, 1.165) is 5.56 Å². The van der Waals surface area contributed by atoms with E-state index in [1.165, 1.54) is 6.07 Å². The quantitative estimate of drug-likeness (QED) is 0.867. The molecule has 0 aliphatic carbocycles. The van der Waals surface area contributed by atoms with Gasteiger partial charge in [-0.15, -0.1) is 0 Å². The minimum atomic E-state index is -0.969. The van der Waals surface area contributed by atoms with E-state index in [1.54, 1.807) is 36.7 Å². The Morgan fingerprint density at radius 2 is 1.88 bits per heavy atom. The highest BCUT2D eigenvalue weighted by Gasteiger charge is 2.11. The molecule has 0 saturated heterocycles. The van der Waals surface area contributed by atoms with Crippen LogP contribution < -0.4 is 0 Å². The van der Waals surface area contributed by atoms with Crippen LogP contribution in [-0.4, -0.2) is 16.1 Å². The van der Waals surface area contributed by atoms with Crippen molar-refractivity contribution >= 4 is 17.6 Å². The molecule has 4 heteroatoms. The molecule has 0 aliphatic heterocycles. The SMILES string of the molecule is O=C(O)c1ccc(Cl)cc1-c1ccncc1. The summed E-state index contributed by atoms with van der Waals surface area (Å²) in [4.78, 5) is 14.9. The summed E-state index contributed by atoms with van der Waals surface area (Å²) in [5.74, 6) is -0.969. The fourth-order valence-electron chi connectivity index (χ4n) is 1.47. The van der Waals surface area contributed by atoms with Gasteiger partial charge in [-0.2, -0.15) is 0 Å². The Hall–Kier alpha value is -1.87. The third-order valence-corrected chi connectivity index (χ3v) is 2.44. The van der Waals surface area contributed by atoms with E-state index >= 15 is 0 Å². The van der Waals surface area contributed by atoms with Crippen LogP contribution in [0.4, 0.5) is 0 Å². The second kappa shape index (κ2) is 4.33. The van der Waals surface area contributed by atoms with Crippen molar-refractivity contribution in [1.82, 2.24) is 4.98 Å². The van der Waals surface area contributed by atoms with Crippen LogP contribution in [0.3, 0.4) is 0 Å². The maximum Gasteiger partial charge on any atom is 0.336 e. The van der Waals surface area contributed by atoms with Gasteiger partial charge in [0, 0.05) is 17.4 Å². The average Bonchev–Trinajstić information content (AvgIpc) is 2.29. The number of aromatic carboxylic acids is 1. The Balaban J connectivity index is 2.63. The second-order valence-electron chi connectivity index (χ2n) is 3.23. The van der Waals surface area contributed by atoms with Gasteiger partial charge in [-0.05, 0) is 41.5 Å². The molecular formula is C12H8ClNO2. The maximum atomic E-state index is 11.0. The van der Waals surface area contributed by atoms with Crippen LogP contribution in [0.25, 0.3) is 11.1 Å². The average molecular weight is 234 g/mol. The summed E-state index contributed by atoms with van der Waals surface area (Å²) < 4.78 is 0. The van der Waals surface area contributed by atoms with Gasteiger partial charge in [-0.3, -0.25) is 4.98 Å². The van der Waals surface area contributed by atoms with E-state index < -0.39 is 5.97 Å². The third kappa shape index (κ3) is 2.04. The first-order valence-corrected chi connectivity index (χ1v) is 4.99. The van der Waals surface area contributed by atoms with Crippen LogP contribution in [0.1, 0.15) is 10.4 Å². The summed E-state index contributed by atoms with van der Waals surface area (Å²) in [7, 11) is 0. The molecule has 1 N–H and O–H groups in total. The molecule has 0 aliphatic rings. The Kier molecular flexibility index (Phi) is 2.88. The number of carbonyl (C=O) groups is 1. The van der Waals surface area contributed by atoms with Crippen molar-refractivity contribution in [1.29, 1.82) is 0 Å². The maximum absolute atomic E-state index is 11.0. The lowest BCUT2D eigenvalue weighted by molar-refractivity contribution is 0.0698. The van der Waals surface area contributed by atoms with Crippen LogP contribution in [0.15, 0.2) is 42.7 Å². The number of rotatable bonds is 2. The Morgan fingerprint density at radius 3 is 2.50 bits per heavy atom. The predicted molar refractivity (Wildman–Crippen MR) is 61.6 cm³/mol. The molecule has 1 aromatic heterocycles. The number of carboxylic acid groups (broad SMARTS) is 1. The van der Waals surface area contributed by atoms with E-state index in [-0.39, 0.29) is 5.56 Å². The van der Waals surface area contributed by atoms with Crippen molar-refractivity contribution in [2.24, 2.45) is 0 Å². The van der Waals surface area contributed by atoms with E-state index in [9.17, 15) is 4.79 Å². The summed E-state index contributed by atoms with van der Waals surface area (Å²) in [5, 5.41) is 9.57. The lowest BCUT2D eigenvalue weighted by Gasteiger charge is -2.06. The molecule has 3 nitrogen and oxygen atoms in total. The molecule has 16 heavy (non-hydrogen) atoms.